The summed E-state index contributed by atoms with van der Waals surface area (Å²) >= 11 is 0. The molecule has 7 nitrogen and oxygen atoms in total. The van der Waals surface area contributed by atoms with Crippen molar-refractivity contribution in [1.82, 2.24) is 10.2 Å². The van der Waals surface area contributed by atoms with E-state index in [0.717, 1.165) is 5.56 Å². The van der Waals surface area contributed by atoms with Gasteiger partial charge in [0.25, 0.3) is 0 Å². The van der Waals surface area contributed by atoms with Gasteiger partial charge in [0, 0.05) is 30.6 Å². The third-order valence-electron chi connectivity index (χ3n) is 5.19. The molecule has 1 aromatic rings. The Labute approximate surface area is 191 Å². The van der Waals surface area contributed by atoms with Crippen molar-refractivity contribution in [3.8, 4) is 11.5 Å². The average Bonchev–Trinajstić information content (AvgIpc) is 2.70. The molecule has 2 rings (SSSR count). The van der Waals surface area contributed by atoms with Crippen LogP contribution in [0.3, 0.4) is 0 Å². The van der Waals surface area contributed by atoms with E-state index in [1.807, 2.05) is 57.7 Å². The quantitative estimate of drug-likeness (QED) is 0.497. The summed E-state index contributed by atoms with van der Waals surface area (Å²) in [4.78, 5) is 26.8. The number of methoxy groups -OCH3 is 1. The number of carbonyl (C=O) groups excluding carboxylic acids is 2. The fourth-order valence-corrected chi connectivity index (χ4v) is 3.59. The first-order valence-electron chi connectivity index (χ1n) is 10.8. The van der Waals surface area contributed by atoms with Gasteiger partial charge in [-0.3, -0.25) is 4.79 Å². The van der Waals surface area contributed by atoms with Gasteiger partial charge >= 0.3 is 6.09 Å². The average molecular weight is 445 g/mol. The minimum Gasteiger partial charge on any atom is -0.493 e. The van der Waals surface area contributed by atoms with Gasteiger partial charge in [0.05, 0.1) is 7.11 Å². The van der Waals surface area contributed by atoms with Gasteiger partial charge in [-0.2, -0.15) is 0 Å². The van der Waals surface area contributed by atoms with Gasteiger partial charge in [-0.25, -0.2) is 4.79 Å². The van der Waals surface area contributed by atoms with Crippen molar-refractivity contribution < 1.29 is 23.8 Å². The van der Waals surface area contributed by atoms with E-state index in [4.69, 9.17) is 14.2 Å². The van der Waals surface area contributed by atoms with Crippen LogP contribution in [0.1, 0.15) is 46.6 Å². The first kappa shape index (κ1) is 25.3. The lowest BCUT2D eigenvalue weighted by molar-refractivity contribution is -0.129. The van der Waals surface area contributed by atoms with E-state index >= 15 is 0 Å². The van der Waals surface area contributed by atoms with Crippen molar-refractivity contribution >= 4 is 18.1 Å². The van der Waals surface area contributed by atoms with Crippen molar-refractivity contribution in [1.29, 1.82) is 0 Å². The summed E-state index contributed by atoms with van der Waals surface area (Å²) in [6, 6.07) is 5.43. The summed E-state index contributed by atoms with van der Waals surface area (Å²) in [6.45, 7) is 14.7. The van der Waals surface area contributed by atoms with Crippen LogP contribution in [-0.4, -0.2) is 55.3 Å². The highest BCUT2D eigenvalue weighted by molar-refractivity contribution is 5.92. The van der Waals surface area contributed by atoms with E-state index in [9.17, 15) is 9.59 Å². The van der Waals surface area contributed by atoms with E-state index < -0.39 is 11.7 Å². The van der Waals surface area contributed by atoms with Gasteiger partial charge in [-0.05, 0) is 51.0 Å². The fourth-order valence-electron chi connectivity index (χ4n) is 3.59. The third-order valence-corrected chi connectivity index (χ3v) is 5.19. The van der Waals surface area contributed by atoms with Crippen LogP contribution >= 0.6 is 0 Å². The van der Waals surface area contributed by atoms with Crippen molar-refractivity contribution in [3.63, 3.8) is 0 Å². The first-order valence-corrected chi connectivity index (χ1v) is 10.8. The van der Waals surface area contributed by atoms with Crippen molar-refractivity contribution in [2.75, 3.05) is 26.8 Å². The highest BCUT2D eigenvalue weighted by Gasteiger charge is 2.38. The lowest BCUT2D eigenvalue weighted by atomic mass is 9.79. The Morgan fingerprint density at radius 2 is 2.00 bits per heavy atom. The number of alkyl carbamates (subject to hydrolysis) is 1. The van der Waals surface area contributed by atoms with E-state index in [2.05, 4.69) is 11.9 Å². The summed E-state index contributed by atoms with van der Waals surface area (Å²) in [6.07, 6.45) is 5.23. The highest BCUT2D eigenvalue weighted by atomic mass is 16.6. The van der Waals surface area contributed by atoms with Crippen LogP contribution in [0.5, 0.6) is 11.5 Å². The van der Waals surface area contributed by atoms with Crippen LogP contribution in [0.25, 0.3) is 6.08 Å². The molecule has 32 heavy (non-hydrogen) atoms. The molecule has 1 atom stereocenters. The monoisotopic (exact) mass is 444 g/mol. The lowest BCUT2D eigenvalue weighted by Gasteiger charge is -2.44. The lowest BCUT2D eigenvalue weighted by Crippen LogP contribution is -2.57. The number of likely N-dealkylation sites (tertiary alicyclic amines) is 1. The molecular formula is C25H36N2O5. The third kappa shape index (κ3) is 7.32. The Balaban J connectivity index is 1.99. The number of hydrogen-bond acceptors (Lipinski definition) is 5. The van der Waals surface area contributed by atoms with Crippen LogP contribution in [0.2, 0.25) is 0 Å². The molecule has 1 aromatic carbocycles. The number of nitrogens with one attached hydrogen (secondary N) is 1. The zero-order chi connectivity index (χ0) is 23.9. The Morgan fingerprint density at radius 1 is 1.28 bits per heavy atom. The van der Waals surface area contributed by atoms with Crippen LogP contribution in [0, 0.1) is 5.41 Å². The summed E-state index contributed by atoms with van der Waals surface area (Å²) in [5.41, 5.74) is 0.00211. The number of amides is 2. The molecule has 1 aliphatic heterocycles. The minimum atomic E-state index is -0.547. The maximum atomic E-state index is 12.8. The number of ether oxygens (including phenoxy) is 3. The van der Waals surface area contributed by atoms with Crippen molar-refractivity contribution in [3.05, 3.63) is 42.5 Å². The number of rotatable bonds is 7. The zero-order valence-electron chi connectivity index (χ0n) is 20.1. The molecule has 176 valence electrons. The normalized spacial score (nSPS) is 18.2. The second-order valence-corrected chi connectivity index (χ2v) is 9.58. The molecule has 0 aromatic heterocycles. The number of carbonyl (C=O) groups is 2. The Bertz CT molecular complexity index is 854. The van der Waals surface area contributed by atoms with Crippen LogP contribution in [-0.2, 0) is 9.53 Å². The first-order chi connectivity index (χ1) is 14.9. The van der Waals surface area contributed by atoms with Gasteiger partial charge in [0.1, 0.15) is 12.2 Å². The summed E-state index contributed by atoms with van der Waals surface area (Å²) in [7, 11) is 1.58. The largest absolute Gasteiger partial charge is 0.493 e. The van der Waals surface area contributed by atoms with E-state index in [1.54, 1.807) is 25.3 Å². The molecule has 1 heterocycles. The Hall–Kier alpha value is -2.96. The van der Waals surface area contributed by atoms with Crippen molar-refractivity contribution in [2.45, 2.75) is 52.7 Å². The summed E-state index contributed by atoms with van der Waals surface area (Å²) in [5, 5.41) is 2.97. The van der Waals surface area contributed by atoms with Gasteiger partial charge in [-0.15, -0.1) is 0 Å². The number of benzene rings is 1. The molecule has 0 saturated carbocycles. The predicted octanol–water partition coefficient (Wildman–Crippen LogP) is 4.43. The smallest absolute Gasteiger partial charge is 0.407 e. The summed E-state index contributed by atoms with van der Waals surface area (Å²) in [5.74, 6) is 1.15. The van der Waals surface area contributed by atoms with Crippen LogP contribution in [0.4, 0.5) is 4.79 Å². The van der Waals surface area contributed by atoms with Crippen LogP contribution in [0.15, 0.2) is 36.9 Å². The van der Waals surface area contributed by atoms with Gasteiger partial charge in [0.15, 0.2) is 11.5 Å². The van der Waals surface area contributed by atoms with E-state index in [1.165, 1.54) is 0 Å². The SMILES string of the molecule is C=CCOc1ccc(C=CC(=O)N2CCC(NC(=O)OC(C)(C)C)C(C)(C)C2)cc1OC. The molecule has 1 fully saturated rings. The highest BCUT2D eigenvalue weighted by Crippen LogP contribution is 2.31. The molecule has 1 saturated heterocycles. The molecule has 7 heteroatoms. The maximum absolute atomic E-state index is 12.8. The van der Waals surface area contributed by atoms with Crippen LogP contribution < -0.4 is 14.8 Å². The van der Waals surface area contributed by atoms with Gasteiger partial charge in [-0.1, -0.05) is 32.6 Å². The Morgan fingerprint density at radius 3 is 2.59 bits per heavy atom. The fraction of sp³-hybridized carbons (Fsp3) is 0.520. The topological polar surface area (TPSA) is 77.1 Å². The van der Waals surface area contributed by atoms with Crippen molar-refractivity contribution in [2.24, 2.45) is 5.41 Å². The minimum absolute atomic E-state index is 0.0697. The second-order valence-electron chi connectivity index (χ2n) is 9.58. The Kier molecular flexibility index (Phi) is 8.36. The number of hydrogen-bond donors (Lipinski definition) is 1. The van der Waals surface area contributed by atoms with E-state index in [0.29, 0.717) is 37.6 Å². The number of nitrogens with zero attached hydrogens (tertiary/aromatic N) is 1. The molecule has 0 bridgehead atoms. The molecule has 0 aliphatic carbocycles. The molecule has 0 radical (unpaired) electrons. The standard InChI is InChI=1S/C25H36N2O5/c1-8-15-31-19-11-9-18(16-20(19)30-7)10-12-22(28)27-14-13-21(25(5,6)17-27)26-23(29)32-24(2,3)4/h8-12,16,21H,1,13-15,17H2,2-7H3,(H,26,29). The summed E-state index contributed by atoms with van der Waals surface area (Å²) < 4.78 is 16.3. The second kappa shape index (κ2) is 10.6. The molecule has 1 aliphatic rings. The molecule has 2 amide bonds. The van der Waals surface area contributed by atoms with Gasteiger partial charge in [0.2, 0.25) is 5.91 Å². The molecule has 0 spiro atoms. The van der Waals surface area contributed by atoms with E-state index in [-0.39, 0.29) is 17.4 Å². The molecular weight excluding hydrogens is 408 g/mol. The zero-order valence-corrected chi connectivity index (χ0v) is 20.1. The van der Waals surface area contributed by atoms with Gasteiger partial charge < -0.3 is 24.4 Å². The molecule has 1 unspecified atom stereocenters. The number of piperidine rings is 1. The predicted molar refractivity (Wildman–Crippen MR) is 126 cm³/mol. The maximum Gasteiger partial charge on any atom is 0.407 e. The molecule has 1 N–H and O–H groups in total.